The average molecular weight is 329 g/mol. The van der Waals surface area contributed by atoms with Crippen molar-refractivity contribution < 1.29 is 24.2 Å². The summed E-state index contributed by atoms with van der Waals surface area (Å²) < 4.78 is 10.3. The minimum atomic E-state index is -0.971. The first-order chi connectivity index (χ1) is 11.5. The Morgan fingerprint density at radius 1 is 1.08 bits per heavy atom. The van der Waals surface area contributed by atoms with Crippen LogP contribution in [0.1, 0.15) is 18.5 Å². The van der Waals surface area contributed by atoms with Crippen LogP contribution in [0.15, 0.2) is 54.6 Å². The fourth-order valence-corrected chi connectivity index (χ4v) is 2.16. The van der Waals surface area contributed by atoms with Crippen LogP contribution in [-0.2, 0) is 9.53 Å². The van der Waals surface area contributed by atoms with Gasteiger partial charge >= 0.3 is 12.1 Å². The van der Waals surface area contributed by atoms with Gasteiger partial charge in [0.2, 0.25) is 0 Å². The quantitative estimate of drug-likeness (QED) is 0.853. The van der Waals surface area contributed by atoms with Crippen molar-refractivity contribution in [2.75, 3.05) is 13.7 Å². The van der Waals surface area contributed by atoms with Crippen LogP contribution in [0.2, 0.25) is 0 Å². The van der Waals surface area contributed by atoms with Crippen LogP contribution in [0, 0.1) is 0 Å². The van der Waals surface area contributed by atoms with Crippen molar-refractivity contribution in [3.63, 3.8) is 0 Å². The molecule has 24 heavy (non-hydrogen) atoms. The van der Waals surface area contributed by atoms with Gasteiger partial charge in [0, 0.05) is 7.05 Å². The molecule has 126 valence electrons. The number of phenolic OH excluding ortho intramolecular Hbond substituents is 1. The Kier molecular flexibility index (Phi) is 5.78. The molecule has 1 N–H and O–H groups in total. The second-order valence-corrected chi connectivity index (χ2v) is 5.04. The van der Waals surface area contributed by atoms with E-state index in [2.05, 4.69) is 0 Å². The van der Waals surface area contributed by atoms with Crippen molar-refractivity contribution in [3.05, 3.63) is 60.2 Å². The Hall–Kier alpha value is -3.02. The number of nitrogens with zero attached hydrogens (tertiary/aromatic N) is 1. The maximum Gasteiger partial charge on any atom is 0.415 e. The summed E-state index contributed by atoms with van der Waals surface area (Å²) in [5, 5.41) is 9.40. The van der Waals surface area contributed by atoms with E-state index in [4.69, 9.17) is 9.47 Å². The van der Waals surface area contributed by atoms with Crippen LogP contribution in [-0.4, -0.2) is 35.7 Å². The zero-order valence-electron chi connectivity index (χ0n) is 13.5. The number of carbonyl (C=O) groups excluding carboxylic acids is 2. The third-order valence-corrected chi connectivity index (χ3v) is 3.34. The molecule has 0 fully saturated rings. The largest absolute Gasteiger partial charge is 0.508 e. The van der Waals surface area contributed by atoms with Crippen molar-refractivity contribution in [1.29, 1.82) is 0 Å². The molecule has 0 spiro atoms. The van der Waals surface area contributed by atoms with Crippen molar-refractivity contribution in [2.45, 2.75) is 13.0 Å². The predicted molar refractivity (Wildman–Crippen MR) is 87.7 cm³/mol. The van der Waals surface area contributed by atoms with Gasteiger partial charge < -0.3 is 14.6 Å². The van der Waals surface area contributed by atoms with Gasteiger partial charge in [-0.3, -0.25) is 4.90 Å². The fraction of sp³-hybridized carbons (Fsp3) is 0.222. The Morgan fingerprint density at radius 2 is 1.71 bits per heavy atom. The van der Waals surface area contributed by atoms with Gasteiger partial charge in [0.25, 0.3) is 0 Å². The maximum atomic E-state index is 12.3. The summed E-state index contributed by atoms with van der Waals surface area (Å²) >= 11 is 0. The molecule has 2 aromatic carbocycles. The van der Waals surface area contributed by atoms with Gasteiger partial charge in [-0.25, -0.2) is 9.59 Å². The van der Waals surface area contributed by atoms with Crippen LogP contribution >= 0.6 is 0 Å². The number of carbonyl (C=O) groups is 2. The molecule has 1 atom stereocenters. The first-order valence-corrected chi connectivity index (χ1v) is 7.48. The summed E-state index contributed by atoms with van der Waals surface area (Å²) in [4.78, 5) is 25.8. The molecule has 0 bridgehead atoms. The highest BCUT2D eigenvalue weighted by atomic mass is 16.6. The van der Waals surface area contributed by atoms with Crippen LogP contribution in [0.3, 0.4) is 0 Å². The highest BCUT2D eigenvalue weighted by molar-refractivity contribution is 5.83. The summed E-state index contributed by atoms with van der Waals surface area (Å²) in [5.41, 5.74) is 0.513. The van der Waals surface area contributed by atoms with Crippen LogP contribution in [0.4, 0.5) is 4.79 Å². The van der Waals surface area contributed by atoms with E-state index in [0.29, 0.717) is 11.3 Å². The summed E-state index contributed by atoms with van der Waals surface area (Å²) in [5.74, 6) is -0.130. The zero-order valence-corrected chi connectivity index (χ0v) is 13.5. The summed E-state index contributed by atoms with van der Waals surface area (Å²) in [6.07, 6.45) is -0.688. The van der Waals surface area contributed by atoms with Crippen LogP contribution < -0.4 is 4.74 Å². The van der Waals surface area contributed by atoms with Gasteiger partial charge in [-0.2, -0.15) is 0 Å². The SMILES string of the molecule is CCOC(=O)C(c1ccc(O)cc1)N(C)C(=O)Oc1ccccc1. The first-order valence-electron chi connectivity index (χ1n) is 7.48. The molecule has 0 aliphatic heterocycles. The van der Waals surface area contributed by atoms with Gasteiger partial charge in [-0.05, 0) is 36.8 Å². The van der Waals surface area contributed by atoms with Crippen LogP contribution in [0.5, 0.6) is 11.5 Å². The molecule has 0 aromatic heterocycles. The zero-order chi connectivity index (χ0) is 17.5. The number of likely N-dealkylation sites (N-methyl/N-ethyl adjacent to an activating group) is 1. The van der Waals surface area contributed by atoms with Gasteiger partial charge in [0.05, 0.1) is 6.61 Å². The highest BCUT2D eigenvalue weighted by Gasteiger charge is 2.31. The van der Waals surface area contributed by atoms with E-state index in [1.54, 1.807) is 49.4 Å². The lowest BCUT2D eigenvalue weighted by Crippen LogP contribution is -2.38. The number of benzene rings is 2. The monoisotopic (exact) mass is 329 g/mol. The van der Waals surface area contributed by atoms with Crippen molar-refractivity contribution in [2.24, 2.45) is 0 Å². The second-order valence-electron chi connectivity index (χ2n) is 5.04. The van der Waals surface area contributed by atoms with Gasteiger partial charge in [-0.15, -0.1) is 0 Å². The van der Waals surface area contributed by atoms with E-state index < -0.39 is 18.1 Å². The summed E-state index contributed by atoms with van der Waals surface area (Å²) in [7, 11) is 1.46. The number of esters is 1. The molecular formula is C18H19NO5. The van der Waals surface area contributed by atoms with E-state index in [-0.39, 0.29) is 12.4 Å². The molecule has 6 heteroatoms. The van der Waals surface area contributed by atoms with E-state index in [1.807, 2.05) is 0 Å². The summed E-state index contributed by atoms with van der Waals surface area (Å²) in [6.45, 7) is 1.88. The second kappa shape index (κ2) is 8.01. The number of rotatable bonds is 5. The van der Waals surface area contributed by atoms with Gasteiger partial charge in [-0.1, -0.05) is 30.3 Å². The first kappa shape index (κ1) is 17.3. The normalized spacial score (nSPS) is 11.4. The van der Waals surface area contributed by atoms with Crippen molar-refractivity contribution in [3.8, 4) is 11.5 Å². The Morgan fingerprint density at radius 3 is 2.29 bits per heavy atom. The van der Waals surface area contributed by atoms with E-state index in [1.165, 1.54) is 19.2 Å². The lowest BCUT2D eigenvalue weighted by Gasteiger charge is -2.26. The molecule has 1 unspecified atom stereocenters. The molecule has 1 amide bonds. The van der Waals surface area contributed by atoms with Crippen molar-refractivity contribution >= 4 is 12.1 Å². The van der Waals surface area contributed by atoms with Crippen LogP contribution in [0.25, 0.3) is 0 Å². The third-order valence-electron chi connectivity index (χ3n) is 3.34. The number of aromatic hydroxyl groups is 1. The summed E-state index contributed by atoms with van der Waals surface area (Å²) in [6, 6.07) is 13.6. The number of phenols is 1. The molecular weight excluding hydrogens is 310 g/mol. The molecule has 0 saturated heterocycles. The minimum absolute atomic E-state index is 0.0656. The Labute approximate surface area is 140 Å². The standard InChI is InChI=1S/C18H19NO5/c1-3-23-17(21)16(13-9-11-14(20)12-10-13)19(2)18(22)24-15-7-5-4-6-8-15/h4-12,16,20H,3H2,1-2H3. The predicted octanol–water partition coefficient (Wildman–Crippen LogP) is 3.13. The Bertz CT molecular complexity index is 684. The molecule has 0 saturated carbocycles. The third kappa shape index (κ3) is 4.25. The number of hydrogen-bond acceptors (Lipinski definition) is 5. The maximum absolute atomic E-state index is 12.3. The number of ether oxygens (including phenoxy) is 2. The molecule has 0 heterocycles. The molecule has 0 aliphatic carbocycles. The number of hydrogen-bond donors (Lipinski definition) is 1. The highest BCUT2D eigenvalue weighted by Crippen LogP contribution is 2.24. The molecule has 2 aromatic rings. The lowest BCUT2D eigenvalue weighted by atomic mass is 10.1. The fourth-order valence-electron chi connectivity index (χ4n) is 2.16. The topological polar surface area (TPSA) is 76.1 Å². The Balaban J connectivity index is 2.23. The minimum Gasteiger partial charge on any atom is -0.508 e. The smallest absolute Gasteiger partial charge is 0.415 e. The van der Waals surface area contributed by atoms with Gasteiger partial charge in [0.1, 0.15) is 11.5 Å². The van der Waals surface area contributed by atoms with E-state index >= 15 is 0 Å². The van der Waals surface area contributed by atoms with Crippen molar-refractivity contribution in [1.82, 2.24) is 4.90 Å². The molecule has 0 radical (unpaired) electrons. The number of para-hydroxylation sites is 1. The molecule has 0 aliphatic rings. The van der Waals surface area contributed by atoms with E-state index in [0.717, 1.165) is 4.90 Å². The molecule has 2 rings (SSSR count). The molecule has 6 nitrogen and oxygen atoms in total. The van der Waals surface area contributed by atoms with E-state index in [9.17, 15) is 14.7 Å². The lowest BCUT2D eigenvalue weighted by molar-refractivity contribution is -0.148. The average Bonchev–Trinajstić information content (AvgIpc) is 2.58. The number of amides is 1. The van der Waals surface area contributed by atoms with Gasteiger partial charge in [0.15, 0.2) is 6.04 Å².